The van der Waals surface area contributed by atoms with Crippen molar-refractivity contribution >= 4 is 36.8 Å². The van der Waals surface area contributed by atoms with E-state index in [1.54, 1.807) is 21.1 Å². The van der Waals surface area contributed by atoms with Crippen molar-refractivity contribution in [3.05, 3.63) is 17.7 Å². The largest absolute Gasteiger partial charge is 0.493 e. The predicted octanol–water partition coefficient (Wildman–Crippen LogP) is 4.80. The summed E-state index contributed by atoms with van der Waals surface area (Å²) in [6, 6.07) is 3.87. The molecular weight excluding hydrogens is 547 g/mol. The van der Waals surface area contributed by atoms with Crippen LogP contribution in [0.4, 0.5) is 0 Å². The Balaban J connectivity index is 0.00000722. The first-order chi connectivity index (χ1) is 18.0. The quantitative estimate of drug-likeness (QED) is 0.201. The minimum Gasteiger partial charge on any atom is -0.493 e. The number of rotatable bonds is 17. The van der Waals surface area contributed by atoms with E-state index in [2.05, 4.69) is 17.1 Å². The number of benzene rings is 1. The summed E-state index contributed by atoms with van der Waals surface area (Å²) in [7, 11) is 3.18. The maximum atomic E-state index is 13.0. The lowest BCUT2D eigenvalue weighted by molar-refractivity contribution is -0.151. The Morgan fingerprint density at radius 2 is 1.74 bits per heavy atom. The first kappa shape index (κ1) is 37.1. The maximum absolute atomic E-state index is 13.0. The van der Waals surface area contributed by atoms with Crippen LogP contribution in [0, 0.1) is 5.92 Å². The van der Waals surface area contributed by atoms with Crippen LogP contribution in [0.1, 0.15) is 64.9 Å². The number of unbranched alkanes of at least 4 members (excludes halogenated alkanes) is 2. The second kappa shape index (κ2) is 20.9. The van der Waals surface area contributed by atoms with Crippen LogP contribution in [0.25, 0.3) is 0 Å². The molecular formula is C28H48Cl2N2O7. The molecule has 0 spiro atoms. The molecule has 0 bridgehead atoms. The van der Waals surface area contributed by atoms with Gasteiger partial charge in [0.25, 0.3) is 0 Å². The van der Waals surface area contributed by atoms with E-state index in [9.17, 15) is 9.59 Å². The number of halogens is 2. The van der Waals surface area contributed by atoms with Crippen molar-refractivity contribution in [2.24, 2.45) is 5.92 Å². The lowest BCUT2D eigenvalue weighted by atomic mass is 9.90. The van der Waals surface area contributed by atoms with Gasteiger partial charge in [-0.25, -0.2) is 0 Å². The van der Waals surface area contributed by atoms with Gasteiger partial charge in [0, 0.05) is 44.2 Å². The normalized spacial score (nSPS) is 15.8. The zero-order chi connectivity index (χ0) is 27.0. The SMILES string of the molecule is CCCCCC(C(=O)OCC)C1CNCCN1Cc1ccc(OC)c(OC)c1OCCCC(=O)OCC.Cl.Cl. The summed E-state index contributed by atoms with van der Waals surface area (Å²) < 4.78 is 27.9. The molecule has 0 saturated carbocycles. The zero-order valence-corrected chi connectivity index (χ0v) is 25.8. The summed E-state index contributed by atoms with van der Waals surface area (Å²) in [5.41, 5.74) is 0.942. The van der Waals surface area contributed by atoms with Crippen LogP contribution in [0.15, 0.2) is 12.1 Å². The predicted molar refractivity (Wildman–Crippen MR) is 157 cm³/mol. The second-order valence-corrected chi connectivity index (χ2v) is 9.14. The fourth-order valence-corrected chi connectivity index (χ4v) is 4.76. The molecule has 1 aliphatic heterocycles. The number of piperazine rings is 1. The Morgan fingerprint density at radius 3 is 2.38 bits per heavy atom. The average Bonchev–Trinajstić information content (AvgIpc) is 2.90. The monoisotopic (exact) mass is 594 g/mol. The van der Waals surface area contributed by atoms with Gasteiger partial charge in [-0.15, -0.1) is 24.8 Å². The van der Waals surface area contributed by atoms with E-state index in [1.165, 1.54) is 0 Å². The third-order valence-electron chi connectivity index (χ3n) is 6.60. The molecule has 1 N–H and O–H groups in total. The number of hydrogen-bond acceptors (Lipinski definition) is 9. The average molecular weight is 596 g/mol. The molecule has 11 heteroatoms. The molecule has 0 aliphatic carbocycles. The first-order valence-electron chi connectivity index (χ1n) is 13.6. The Hall–Kier alpha value is -1.94. The molecule has 1 fully saturated rings. The van der Waals surface area contributed by atoms with Crippen LogP contribution in [0.5, 0.6) is 17.2 Å². The molecule has 9 nitrogen and oxygen atoms in total. The van der Waals surface area contributed by atoms with Crippen LogP contribution in [0.2, 0.25) is 0 Å². The zero-order valence-electron chi connectivity index (χ0n) is 24.1. The van der Waals surface area contributed by atoms with Crippen molar-refractivity contribution in [2.45, 2.75) is 71.9 Å². The Morgan fingerprint density at radius 1 is 1.00 bits per heavy atom. The van der Waals surface area contributed by atoms with Gasteiger partial charge in [0.15, 0.2) is 11.5 Å². The summed E-state index contributed by atoms with van der Waals surface area (Å²) in [6.45, 7) is 9.83. The van der Waals surface area contributed by atoms with Gasteiger partial charge in [-0.05, 0) is 32.8 Å². The number of carbonyl (C=O) groups is 2. The topological polar surface area (TPSA) is 95.6 Å². The van der Waals surface area contributed by atoms with E-state index >= 15 is 0 Å². The number of nitrogens with one attached hydrogen (secondary N) is 1. The van der Waals surface area contributed by atoms with Crippen molar-refractivity contribution in [1.29, 1.82) is 0 Å². The number of carbonyl (C=O) groups excluding carboxylic acids is 2. The van der Waals surface area contributed by atoms with E-state index < -0.39 is 0 Å². The summed E-state index contributed by atoms with van der Waals surface area (Å²) >= 11 is 0. The van der Waals surface area contributed by atoms with Crippen LogP contribution >= 0.6 is 24.8 Å². The Labute approximate surface area is 246 Å². The molecule has 1 saturated heterocycles. The van der Waals surface area contributed by atoms with Crippen molar-refractivity contribution in [3.8, 4) is 17.2 Å². The van der Waals surface area contributed by atoms with Crippen LogP contribution in [-0.2, 0) is 25.6 Å². The highest BCUT2D eigenvalue weighted by molar-refractivity contribution is 5.85. The van der Waals surface area contributed by atoms with Crippen LogP contribution in [0.3, 0.4) is 0 Å². The molecule has 0 aromatic heterocycles. The summed E-state index contributed by atoms with van der Waals surface area (Å²) in [6.07, 6.45) is 4.81. The first-order valence-corrected chi connectivity index (χ1v) is 13.6. The van der Waals surface area contributed by atoms with Gasteiger partial charge >= 0.3 is 11.9 Å². The smallest absolute Gasteiger partial charge is 0.310 e. The highest BCUT2D eigenvalue weighted by atomic mass is 35.5. The minimum atomic E-state index is -0.235. The van der Waals surface area contributed by atoms with E-state index in [0.29, 0.717) is 50.0 Å². The molecule has 1 aromatic rings. The van der Waals surface area contributed by atoms with Gasteiger partial charge in [-0.3, -0.25) is 14.5 Å². The molecule has 2 unspecified atom stereocenters. The number of hydrogen-bond donors (Lipinski definition) is 1. The molecule has 2 rings (SSSR count). The van der Waals surface area contributed by atoms with Gasteiger partial charge in [0.2, 0.25) is 5.75 Å². The molecule has 0 radical (unpaired) electrons. The van der Waals surface area contributed by atoms with Crippen molar-refractivity contribution in [2.75, 3.05) is 53.7 Å². The standard InChI is InChI=1S/C28H46N2O7.2ClH/c1-6-9-10-12-22(28(32)36-8-3)23-19-29-16-17-30(23)20-21-14-15-24(33-4)27(34-5)26(21)37-18-11-13-25(31)35-7-2;;/h14-15,22-23,29H,6-13,16-20H2,1-5H3;2*1H. The van der Waals surface area contributed by atoms with Crippen LogP contribution < -0.4 is 19.5 Å². The summed E-state index contributed by atoms with van der Waals surface area (Å²) in [5.74, 6) is 1.14. The van der Waals surface area contributed by atoms with Gasteiger partial charge in [-0.2, -0.15) is 0 Å². The molecule has 39 heavy (non-hydrogen) atoms. The van der Waals surface area contributed by atoms with E-state index in [4.69, 9.17) is 23.7 Å². The fraction of sp³-hybridized carbons (Fsp3) is 0.714. The van der Waals surface area contributed by atoms with Gasteiger partial charge in [-0.1, -0.05) is 32.3 Å². The summed E-state index contributed by atoms with van der Waals surface area (Å²) in [5, 5.41) is 3.47. The van der Waals surface area contributed by atoms with Crippen molar-refractivity contribution in [1.82, 2.24) is 10.2 Å². The second-order valence-electron chi connectivity index (χ2n) is 9.14. The number of methoxy groups -OCH3 is 2. The third kappa shape index (κ3) is 11.6. The number of esters is 2. The molecule has 1 aliphatic rings. The minimum absolute atomic E-state index is 0. The lowest BCUT2D eigenvalue weighted by Crippen LogP contribution is -2.55. The fourth-order valence-electron chi connectivity index (χ4n) is 4.76. The van der Waals surface area contributed by atoms with Gasteiger partial charge < -0.3 is 29.0 Å². The molecule has 1 heterocycles. The van der Waals surface area contributed by atoms with E-state index in [1.807, 2.05) is 19.1 Å². The third-order valence-corrected chi connectivity index (χ3v) is 6.60. The lowest BCUT2D eigenvalue weighted by Gasteiger charge is -2.40. The molecule has 1 aromatic carbocycles. The van der Waals surface area contributed by atoms with Gasteiger partial charge in [0.05, 0.1) is 40.0 Å². The van der Waals surface area contributed by atoms with Gasteiger partial charge in [0.1, 0.15) is 0 Å². The summed E-state index contributed by atoms with van der Waals surface area (Å²) in [4.78, 5) is 27.1. The van der Waals surface area contributed by atoms with Crippen LogP contribution in [-0.4, -0.2) is 76.6 Å². The van der Waals surface area contributed by atoms with E-state index in [-0.39, 0.29) is 55.1 Å². The molecule has 0 amide bonds. The molecule has 226 valence electrons. The Kier molecular flexibility index (Phi) is 19.9. The van der Waals surface area contributed by atoms with Crippen molar-refractivity contribution < 1.29 is 33.3 Å². The Bertz CT molecular complexity index is 844. The van der Waals surface area contributed by atoms with Crippen molar-refractivity contribution in [3.63, 3.8) is 0 Å². The number of nitrogens with zero attached hydrogens (tertiary/aromatic N) is 1. The highest BCUT2D eigenvalue weighted by Gasteiger charge is 2.35. The van der Waals surface area contributed by atoms with E-state index in [0.717, 1.165) is 50.9 Å². The maximum Gasteiger partial charge on any atom is 0.310 e. The molecule has 2 atom stereocenters. The highest BCUT2D eigenvalue weighted by Crippen LogP contribution is 2.41. The number of ether oxygens (including phenoxy) is 5.